The molecule has 0 radical (unpaired) electrons. The molecule has 4 nitrogen and oxygen atoms in total. The fraction of sp³-hybridized carbons (Fsp3) is 0.917. The Morgan fingerprint density at radius 2 is 2.11 bits per heavy atom. The number of nitrogens with zero attached hydrogens (tertiary/aromatic N) is 1. The Bertz CT molecular complexity index is 294. The van der Waals surface area contributed by atoms with Gasteiger partial charge in [-0.3, -0.25) is 4.79 Å². The Balaban J connectivity index is 2.11. The SMILES string of the molecule is CC(C)N1CCC(CNC(=O)CNCC(F)(F)F)C1. The lowest BCUT2D eigenvalue weighted by Gasteiger charge is -2.20. The molecule has 1 rings (SSSR count). The van der Waals surface area contributed by atoms with Crippen LogP contribution in [0, 0.1) is 5.92 Å². The highest BCUT2D eigenvalue weighted by Crippen LogP contribution is 2.17. The van der Waals surface area contributed by atoms with Crippen molar-refractivity contribution in [2.45, 2.75) is 32.5 Å². The summed E-state index contributed by atoms with van der Waals surface area (Å²) in [4.78, 5) is 13.7. The van der Waals surface area contributed by atoms with Crippen molar-refractivity contribution in [2.75, 3.05) is 32.7 Å². The molecule has 1 aliphatic heterocycles. The van der Waals surface area contributed by atoms with Crippen LogP contribution in [0.3, 0.4) is 0 Å². The number of rotatable bonds is 6. The second-order valence-corrected chi connectivity index (χ2v) is 5.27. The monoisotopic (exact) mass is 281 g/mol. The summed E-state index contributed by atoms with van der Waals surface area (Å²) < 4.78 is 35.6. The quantitative estimate of drug-likeness (QED) is 0.763. The summed E-state index contributed by atoms with van der Waals surface area (Å²) in [5.74, 6) is 0.0150. The molecule has 1 heterocycles. The summed E-state index contributed by atoms with van der Waals surface area (Å²) in [7, 11) is 0. The molecule has 2 N–H and O–H groups in total. The maximum absolute atomic E-state index is 11.9. The van der Waals surface area contributed by atoms with E-state index in [0.717, 1.165) is 19.5 Å². The fourth-order valence-corrected chi connectivity index (χ4v) is 2.14. The van der Waals surface area contributed by atoms with Gasteiger partial charge in [-0.25, -0.2) is 0 Å². The van der Waals surface area contributed by atoms with Gasteiger partial charge in [0, 0.05) is 19.1 Å². The normalized spacial score (nSPS) is 21.1. The smallest absolute Gasteiger partial charge is 0.355 e. The molecule has 0 aromatic carbocycles. The molecule has 1 aliphatic rings. The predicted molar refractivity (Wildman–Crippen MR) is 66.8 cm³/mol. The van der Waals surface area contributed by atoms with E-state index in [1.807, 2.05) is 0 Å². The molecule has 7 heteroatoms. The number of alkyl halides is 3. The van der Waals surface area contributed by atoms with Gasteiger partial charge in [-0.1, -0.05) is 0 Å². The molecule has 1 atom stereocenters. The Morgan fingerprint density at radius 3 is 2.63 bits per heavy atom. The molecule has 1 fully saturated rings. The van der Waals surface area contributed by atoms with Crippen LogP contribution in [0.25, 0.3) is 0 Å². The van der Waals surface area contributed by atoms with Crippen molar-refractivity contribution >= 4 is 5.91 Å². The second-order valence-electron chi connectivity index (χ2n) is 5.27. The molecule has 1 unspecified atom stereocenters. The van der Waals surface area contributed by atoms with Crippen LogP contribution in [0.1, 0.15) is 20.3 Å². The highest BCUT2D eigenvalue weighted by atomic mass is 19.4. The van der Waals surface area contributed by atoms with Gasteiger partial charge in [0.15, 0.2) is 0 Å². The number of carbonyl (C=O) groups is 1. The molecule has 1 saturated heterocycles. The Kier molecular flexibility index (Phi) is 6.06. The average molecular weight is 281 g/mol. The summed E-state index contributed by atoms with van der Waals surface area (Å²) in [6.45, 7) is 5.32. The van der Waals surface area contributed by atoms with E-state index in [4.69, 9.17) is 0 Å². The zero-order chi connectivity index (χ0) is 14.5. The van der Waals surface area contributed by atoms with E-state index in [0.29, 0.717) is 18.5 Å². The number of likely N-dealkylation sites (tertiary alicyclic amines) is 1. The molecule has 1 amide bonds. The largest absolute Gasteiger partial charge is 0.401 e. The lowest BCUT2D eigenvalue weighted by atomic mass is 10.1. The van der Waals surface area contributed by atoms with Crippen molar-refractivity contribution in [1.82, 2.24) is 15.5 Å². The first-order valence-corrected chi connectivity index (χ1v) is 6.56. The average Bonchev–Trinajstić information content (AvgIpc) is 2.73. The van der Waals surface area contributed by atoms with Crippen LogP contribution in [-0.2, 0) is 4.79 Å². The zero-order valence-corrected chi connectivity index (χ0v) is 11.4. The van der Waals surface area contributed by atoms with Crippen molar-refractivity contribution in [3.63, 3.8) is 0 Å². The van der Waals surface area contributed by atoms with E-state index in [-0.39, 0.29) is 12.5 Å². The van der Waals surface area contributed by atoms with Gasteiger partial charge < -0.3 is 15.5 Å². The number of carbonyl (C=O) groups excluding carboxylic acids is 1. The van der Waals surface area contributed by atoms with E-state index in [9.17, 15) is 18.0 Å². The van der Waals surface area contributed by atoms with Gasteiger partial charge in [0.2, 0.25) is 5.91 Å². The predicted octanol–water partition coefficient (Wildman–Crippen LogP) is 0.985. The highest BCUT2D eigenvalue weighted by Gasteiger charge is 2.27. The van der Waals surface area contributed by atoms with Gasteiger partial charge >= 0.3 is 6.18 Å². The molecule has 0 spiro atoms. The lowest BCUT2D eigenvalue weighted by Crippen LogP contribution is -2.40. The fourth-order valence-electron chi connectivity index (χ4n) is 2.14. The lowest BCUT2D eigenvalue weighted by molar-refractivity contribution is -0.128. The van der Waals surface area contributed by atoms with Crippen LogP contribution in [0.2, 0.25) is 0 Å². The van der Waals surface area contributed by atoms with Gasteiger partial charge in [0.05, 0.1) is 13.1 Å². The molecule has 0 saturated carbocycles. The van der Waals surface area contributed by atoms with E-state index in [1.54, 1.807) is 0 Å². The maximum atomic E-state index is 11.9. The molecule has 112 valence electrons. The summed E-state index contributed by atoms with van der Waals surface area (Å²) in [5, 5.41) is 4.75. The number of nitrogens with one attached hydrogen (secondary N) is 2. The van der Waals surface area contributed by atoms with Gasteiger partial charge in [0.1, 0.15) is 0 Å². The minimum absolute atomic E-state index is 0.292. The first kappa shape index (κ1) is 16.2. The van der Waals surface area contributed by atoms with Crippen LogP contribution >= 0.6 is 0 Å². The Hall–Kier alpha value is -0.820. The summed E-state index contributed by atoms with van der Waals surface area (Å²) in [6.07, 6.45) is -3.25. The standard InChI is InChI=1S/C12H22F3N3O/c1-9(2)18-4-3-10(7-18)5-17-11(19)6-16-8-12(13,14)15/h9-10,16H,3-8H2,1-2H3,(H,17,19). The first-order chi connectivity index (χ1) is 8.78. The van der Waals surface area contributed by atoms with Crippen LogP contribution in [0.4, 0.5) is 13.2 Å². The van der Waals surface area contributed by atoms with Crippen molar-refractivity contribution in [3.05, 3.63) is 0 Å². The van der Waals surface area contributed by atoms with Crippen LogP contribution in [0.15, 0.2) is 0 Å². The molecule has 0 aromatic heterocycles. The van der Waals surface area contributed by atoms with E-state index < -0.39 is 12.7 Å². The van der Waals surface area contributed by atoms with Crippen LogP contribution < -0.4 is 10.6 Å². The van der Waals surface area contributed by atoms with Crippen molar-refractivity contribution in [1.29, 1.82) is 0 Å². The summed E-state index contributed by atoms with van der Waals surface area (Å²) >= 11 is 0. The van der Waals surface area contributed by atoms with Crippen molar-refractivity contribution in [2.24, 2.45) is 5.92 Å². The third-order valence-electron chi connectivity index (χ3n) is 3.25. The van der Waals surface area contributed by atoms with E-state index in [1.165, 1.54) is 0 Å². The van der Waals surface area contributed by atoms with Crippen molar-refractivity contribution < 1.29 is 18.0 Å². The topological polar surface area (TPSA) is 44.4 Å². The Morgan fingerprint density at radius 1 is 1.42 bits per heavy atom. The molecule has 0 aromatic rings. The number of hydrogen-bond acceptors (Lipinski definition) is 3. The van der Waals surface area contributed by atoms with Gasteiger partial charge in [-0.05, 0) is 32.7 Å². The molecular formula is C12H22F3N3O. The second kappa shape index (κ2) is 7.09. The molecule has 0 bridgehead atoms. The van der Waals surface area contributed by atoms with E-state index in [2.05, 4.69) is 29.4 Å². The maximum Gasteiger partial charge on any atom is 0.401 e. The molecular weight excluding hydrogens is 259 g/mol. The minimum Gasteiger partial charge on any atom is -0.355 e. The third kappa shape index (κ3) is 6.77. The zero-order valence-electron chi connectivity index (χ0n) is 11.4. The highest BCUT2D eigenvalue weighted by molar-refractivity contribution is 5.77. The number of hydrogen-bond donors (Lipinski definition) is 2. The summed E-state index contributed by atoms with van der Waals surface area (Å²) in [6, 6.07) is 0.495. The van der Waals surface area contributed by atoms with Crippen LogP contribution in [-0.4, -0.2) is 55.7 Å². The van der Waals surface area contributed by atoms with Gasteiger partial charge in [0.25, 0.3) is 0 Å². The number of amides is 1. The van der Waals surface area contributed by atoms with Crippen molar-refractivity contribution in [3.8, 4) is 0 Å². The Labute approximate surface area is 111 Å². The van der Waals surface area contributed by atoms with Gasteiger partial charge in [-0.15, -0.1) is 0 Å². The third-order valence-corrected chi connectivity index (χ3v) is 3.25. The molecule has 19 heavy (non-hydrogen) atoms. The summed E-state index contributed by atoms with van der Waals surface area (Å²) in [5.41, 5.74) is 0. The molecule has 0 aliphatic carbocycles. The van der Waals surface area contributed by atoms with Gasteiger partial charge in [-0.2, -0.15) is 13.2 Å². The first-order valence-electron chi connectivity index (χ1n) is 6.56. The van der Waals surface area contributed by atoms with E-state index >= 15 is 0 Å². The number of halogens is 3. The van der Waals surface area contributed by atoms with Crippen LogP contribution in [0.5, 0.6) is 0 Å². The minimum atomic E-state index is -4.27.